The van der Waals surface area contributed by atoms with Gasteiger partial charge in [-0.25, -0.2) is 0 Å². The van der Waals surface area contributed by atoms with Crippen LogP contribution in [0, 0.1) is 0 Å². The van der Waals surface area contributed by atoms with Crippen LogP contribution in [-0.4, -0.2) is 27.3 Å². The van der Waals surface area contributed by atoms with Gasteiger partial charge in [0.1, 0.15) is 0 Å². The van der Waals surface area contributed by atoms with Crippen molar-refractivity contribution in [2.24, 2.45) is 0 Å². The van der Waals surface area contributed by atoms with E-state index in [9.17, 15) is 0 Å². The van der Waals surface area contributed by atoms with Crippen LogP contribution in [0.15, 0.2) is 0 Å². The molecule has 0 unspecified atom stereocenters. The Balaban J connectivity index is 0. The fraction of sp³-hybridized carbons (Fsp3) is 0. The molecule has 0 nitrogen and oxygen atoms in total. The van der Waals surface area contributed by atoms with E-state index < -0.39 is 0 Å². The van der Waals surface area contributed by atoms with Crippen molar-refractivity contribution >= 4 is 27.3 Å². The van der Waals surface area contributed by atoms with Gasteiger partial charge in [-0.2, -0.15) is 0 Å². The van der Waals surface area contributed by atoms with Gasteiger partial charge < -0.3 is 0 Å². The van der Waals surface area contributed by atoms with Gasteiger partial charge in [-0.15, -0.1) is 0 Å². The molecule has 0 aromatic rings. The summed E-state index contributed by atoms with van der Waals surface area (Å²) in [5, 5.41) is 0. The molecule has 4 radical (unpaired) electrons. The molecule has 0 fully saturated rings. The van der Waals surface area contributed by atoms with Crippen LogP contribution in [0.4, 0.5) is 0 Å². The first-order chi connectivity index (χ1) is 0. The summed E-state index contributed by atoms with van der Waals surface area (Å²) < 4.78 is 0. The molecule has 36 valence electrons. The van der Waals surface area contributed by atoms with Crippen LogP contribution in [0.5, 0.6) is 0 Å². The quantitative estimate of drug-likeness (QED) is 0.378. The first kappa shape index (κ1) is 39.9. The van der Waals surface area contributed by atoms with E-state index in [0.717, 1.165) is 0 Å². The van der Waals surface area contributed by atoms with E-state index >= 15 is 0 Å². The summed E-state index contributed by atoms with van der Waals surface area (Å²) in [7, 11) is 0. The van der Waals surface area contributed by atoms with Gasteiger partial charge in [0.05, 0.1) is 0 Å². The Hall–Kier alpha value is 3.39. The average molecular weight is 500 g/mol. The van der Waals surface area contributed by atoms with E-state index in [0.29, 0.717) is 0 Å². The van der Waals surface area contributed by atoms with E-state index in [1.165, 1.54) is 0 Å². The van der Waals surface area contributed by atoms with E-state index in [1.807, 2.05) is 0 Å². The Morgan fingerprint density at radius 3 is 1.00 bits per heavy atom. The third kappa shape index (κ3) is 18.7. The van der Waals surface area contributed by atoms with Gasteiger partial charge in [0, 0.05) is 78.2 Å². The van der Waals surface area contributed by atoms with Crippen molar-refractivity contribution in [3.63, 3.8) is 0 Å². The second-order valence-corrected chi connectivity index (χ2v) is 0. The molecule has 0 saturated carbocycles. The molecule has 0 aromatic heterocycles. The molecule has 0 rings (SSSR count). The third-order valence-corrected chi connectivity index (χ3v) is 0. The summed E-state index contributed by atoms with van der Waals surface area (Å²) in [5.41, 5.74) is 0. The average Bonchev–Trinajstić information content (AvgIpc) is 0. The van der Waals surface area contributed by atoms with Gasteiger partial charge >= 0.3 is 27.3 Å². The monoisotopic (exact) mass is 502 g/mol. The van der Waals surface area contributed by atoms with Crippen molar-refractivity contribution in [2.75, 3.05) is 0 Å². The van der Waals surface area contributed by atoms with Crippen molar-refractivity contribution in [2.45, 2.75) is 0 Å². The Kier molecular flexibility index (Phi) is 209. The van der Waals surface area contributed by atoms with Gasteiger partial charge in [0.25, 0.3) is 0 Å². The van der Waals surface area contributed by atoms with Crippen molar-refractivity contribution in [3.05, 3.63) is 0 Å². The topological polar surface area (TPSA) is 0 Å². The van der Waals surface area contributed by atoms with E-state index in [2.05, 4.69) is 0 Å². The molecule has 0 aliphatic rings. The zero-order valence-electron chi connectivity index (χ0n) is 2.40. The zero-order chi connectivity index (χ0) is 0. The summed E-state index contributed by atoms with van der Waals surface area (Å²) in [6.45, 7) is 0. The van der Waals surface area contributed by atoms with Crippen molar-refractivity contribution in [3.8, 4) is 0 Å². The predicted molar refractivity (Wildman–Crippen MR) is 8.54 cm³/mol. The fourth-order valence-electron chi connectivity index (χ4n) is 0. The van der Waals surface area contributed by atoms with Crippen molar-refractivity contribution in [1.29, 1.82) is 0 Å². The molecule has 0 spiro atoms. The van der Waals surface area contributed by atoms with E-state index in [4.69, 9.17) is 0 Å². The fourth-order valence-corrected chi connectivity index (χ4v) is 0. The maximum atomic E-state index is 0. The maximum absolute atomic E-state index is 0. The Labute approximate surface area is 103 Å². The van der Waals surface area contributed by atoms with Crippen LogP contribution >= 0.6 is 0 Å². The molecule has 0 aromatic carbocycles. The van der Waals surface area contributed by atoms with Crippen LogP contribution < -0.4 is 0 Å². The molecular formula is H2CdCoCuFePb. The van der Waals surface area contributed by atoms with Gasteiger partial charge in [0.15, 0.2) is 0 Å². The van der Waals surface area contributed by atoms with Gasteiger partial charge in [0.2, 0.25) is 0 Å². The number of hydrogen-bond acceptors (Lipinski definition) is 0. The second kappa shape index (κ2) is 26.3. The third-order valence-electron chi connectivity index (χ3n) is 0. The molecule has 0 heterocycles. The van der Waals surface area contributed by atoms with Crippen molar-refractivity contribution in [1.82, 2.24) is 0 Å². The minimum atomic E-state index is 0. The number of rotatable bonds is 0. The summed E-state index contributed by atoms with van der Waals surface area (Å²) in [6, 6.07) is 0. The first-order valence-electron chi connectivity index (χ1n) is 0. The van der Waals surface area contributed by atoms with Gasteiger partial charge in [-0.05, 0) is 0 Å². The normalized spacial score (nSPS) is 0. The molecule has 0 bridgehead atoms. The minimum absolute atomic E-state index is 0. The van der Waals surface area contributed by atoms with E-state index in [1.54, 1.807) is 0 Å². The van der Waals surface area contributed by atoms with Crippen molar-refractivity contribution < 1.29 is 78.2 Å². The summed E-state index contributed by atoms with van der Waals surface area (Å²) in [4.78, 5) is 0. The first-order valence-corrected chi connectivity index (χ1v) is 0. The van der Waals surface area contributed by atoms with Crippen LogP contribution in [0.2, 0.25) is 0 Å². The Morgan fingerprint density at radius 2 is 1.00 bits per heavy atom. The van der Waals surface area contributed by atoms with Gasteiger partial charge in [-0.1, -0.05) is 0 Å². The van der Waals surface area contributed by atoms with Crippen LogP contribution in [0.25, 0.3) is 0 Å². The summed E-state index contributed by atoms with van der Waals surface area (Å²) in [5.74, 6) is 0. The Morgan fingerprint density at radius 1 is 1.00 bits per heavy atom. The Bertz CT molecular complexity index is 11.6. The zero-order valence-corrected chi connectivity index (χ0v) is 15.0. The second-order valence-electron chi connectivity index (χ2n) is 0. The molecule has 0 aliphatic carbocycles. The standard InChI is InChI=1S/Cd.Co.Cu.Fe.Pb.2H. The molecule has 5 heteroatoms. The molecule has 5 heavy (non-hydrogen) atoms. The predicted octanol–water partition coefficient (Wildman–Crippen LogP) is -0.926. The molecule has 0 aliphatic heterocycles. The van der Waals surface area contributed by atoms with Crippen LogP contribution in [0.1, 0.15) is 0 Å². The summed E-state index contributed by atoms with van der Waals surface area (Å²) >= 11 is 0. The molecule has 0 N–H and O–H groups in total. The summed E-state index contributed by atoms with van der Waals surface area (Å²) in [6.07, 6.45) is 0. The van der Waals surface area contributed by atoms with E-state index in [-0.39, 0.29) is 106 Å². The van der Waals surface area contributed by atoms with Crippen LogP contribution in [-0.2, 0) is 78.2 Å². The molecular weight excluding hydrogens is 498 g/mol. The van der Waals surface area contributed by atoms with Gasteiger partial charge in [-0.3, -0.25) is 0 Å². The molecule has 0 saturated heterocycles. The number of hydrogen-bond donors (Lipinski definition) is 0. The van der Waals surface area contributed by atoms with Crippen LogP contribution in [0.3, 0.4) is 0 Å². The SMILES string of the molecule is [Cd].[Co].[Cu].[Fe].[PbH2]. The molecule has 0 amide bonds. The molecule has 0 atom stereocenters.